The number of carbonyl (C=O) groups excluding carboxylic acids is 3. The number of hydrogen-bond acceptors (Lipinski definition) is 5. The summed E-state index contributed by atoms with van der Waals surface area (Å²) in [5.41, 5.74) is 0.924. The quantitative estimate of drug-likeness (QED) is 0.357. The second-order valence-corrected chi connectivity index (χ2v) is 9.98. The molecule has 0 saturated carbocycles. The molecular weight excluding hydrogens is 482 g/mol. The standard InChI is InChI=1S/C27H36ClN3O5/c1-6-7-8-15-31(22(33)17-29-26(35)36-27(3,4)5)24(19-12-10-13-20(32)16-19)25(34)30-23-18(2)11-9-14-21(23)28/h9-14,16,24,32H,6-8,15,17H2,1-5H3,(H,29,35)(H,30,34). The SMILES string of the molecule is CCCCCN(C(=O)CNC(=O)OC(C)(C)C)C(C(=O)Nc1c(C)cccc1Cl)c1cccc(O)c1. The van der Waals surface area contributed by atoms with E-state index in [9.17, 15) is 19.5 Å². The second kappa shape index (κ2) is 13.2. The molecule has 3 N–H and O–H groups in total. The first-order chi connectivity index (χ1) is 16.9. The van der Waals surface area contributed by atoms with Gasteiger partial charge in [0.25, 0.3) is 5.91 Å². The Morgan fingerprint density at radius 3 is 2.42 bits per heavy atom. The first kappa shape index (κ1) is 29.0. The molecule has 1 unspecified atom stereocenters. The summed E-state index contributed by atoms with van der Waals surface area (Å²) in [7, 11) is 0. The number of benzene rings is 2. The Kier molecular flexibility index (Phi) is 10.6. The van der Waals surface area contributed by atoms with Gasteiger partial charge in [-0.15, -0.1) is 0 Å². The fourth-order valence-electron chi connectivity index (χ4n) is 3.64. The fourth-order valence-corrected chi connectivity index (χ4v) is 3.91. The first-order valence-electron chi connectivity index (χ1n) is 12.0. The Bertz CT molecular complexity index is 1050. The van der Waals surface area contributed by atoms with Crippen LogP contribution < -0.4 is 10.6 Å². The van der Waals surface area contributed by atoms with Gasteiger partial charge < -0.3 is 25.4 Å². The summed E-state index contributed by atoms with van der Waals surface area (Å²) in [6, 6.07) is 10.4. The van der Waals surface area contributed by atoms with Crippen LogP contribution in [-0.4, -0.2) is 46.6 Å². The number of aryl methyl sites for hydroxylation is 1. The zero-order chi connectivity index (χ0) is 26.9. The van der Waals surface area contributed by atoms with Crippen molar-refractivity contribution in [1.29, 1.82) is 0 Å². The van der Waals surface area contributed by atoms with Crippen molar-refractivity contribution in [3.8, 4) is 5.75 Å². The molecule has 8 nitrogen and oxygen atoms in total. The van der Waals surface area contributed by atoms with Crippen molar-refractivity contribution >= 4 is 35.2 Å². The fraction of sp³-hybridized carbons (Fsp3) is 0.444. The van der Waals surface area contributed by atoms with E-state index in [0.717, 1.165) is 18.4 Å². The molecule has 0 heterocycles. The molecular formula is C27H36ClN3O5. The Morgan fingerprint density at radius 2 is 1.81 bits per heavy atom. The summed E-state index contributed by atoms with van der Waals surface area (Å²) in [5.74, 6) is -0.984. The lowest BCUT2D eigenvalue weighted by atomic mass is 10.0. The van der Waals surface area contributed by atoms with E-state index in [-0.39, 0.29) is 18.8 Å². The van der Waals surface area contributed by atoms with E-state index < -0.39 is 29.6 Å². The predicted molar refractivity (Wildman–Crippen MR) is 141 cm³/mol. The lowest BCUT2D eigenvalue weighted by molar-refractivity contribution is -0.138. The van der Waals surface area contributed by atoms with Crippen molar-refractivity contribution in [2.45, 2.75) is 65.5 Å². The molecule has 0 aliphatic heterocycles. The topological polar surface area (TPSA) is 108 Å². The van der Waals surface area contributed by atoms with Gasteiger partial charge in [0.2, 0.25) is 5.91 Å². The number of para-hydroxylation sites is 1. The van der Waals surface area contributed by atoms with Crippen molar-refractivity contribution in [3.05, 3.63) is 58.6 Å². The van der Waals surface area contributed by atoms with Gasteiger partial charge in [-0.05, 0) is 63.4 Å². The molecule has 9 heteroatoms. The smallest absolute Gasteiger partial charge is 0.408 e. The van der Waals surface area contributed by atoms with Crippen LogP contribution in [0.1, 0.15) is 64.1 Å². The summed E-state index contributed by atoms with van der Waals surface area (Å²) < 4.78 is 5.23. The van der Waals surface area contributed by atoms with Crippen molar-refractivity contribution in [2.75, 3.05) is 18.4 Å². The highest BCUT2D eigenvalue weighted by atomic mass is 35.5. The zero-order valence-electron chi connectivity index (χ0n) is 21.6. The highest BCUT2D eigenvalue weighted by molar-refractivity contribution is 6.34. The highest BCUT2D eigenvalue weighted by Crippen LogP contribution is 2.30. The lowest BCUT2D eigenvalue weighted by Crippen LogP contribution is -2.47. The van der Waals surface area contributed by atoms with Gasteiger partial charge in [-0.3, -0.25) is 9.59 Å². The average molecular weight is 518 g/mol. The number of phenols is 1. The van der Waals surface area contributed by atoms with Crippen LogP contribution in [0.5, 0.6) is 5.75 Å². The van der Waals surface area contributed by atoms with Crippen molar-refractivity contribution in [1.82, 2.24) is 10.2 Å². The largest absolute Gasteiger partial charge is 0.508 e. The van der Waals surface area contributed by atoms with E-state index in [0.29, 0.717) is 22.7 Å². The van der Waals surface area contributed by atoms with Crippen LogP contribution in [0.15, 0.2) is 42.5 Å². The molecule has 0 aliphatic carbocycles. The van der Waals surface area contributed by atoms with Crippen molar-refractivity contribution in [2.24, 2.45) is 0 Å². The van der Waals surface area contributed by atoms with Crippen LogP contribution in [0.3, 0.4) is 0 Å². The van der Waals surface area contributed by atoms with Crippen molar-refractivity contribution in [3.63, 3.8) is 0 Å². The number of phenolic OH excluding ortho intramolecular Hbond substituents is 1. The zero-order valence-corrected chi connectivity index (χ0v) is 22.3. The Labute approximate surface area is 218 Å². The molecule has 3 amide bonds. The van der Waals surface area contributed by atoms with E-state index in [2.05, 4.69) is 10.6 Å². The number of anilines is 1. The summed E-state index contributed by atoms with van der Waals surface area (Å²) in [6.07, 6.45) is 1.69. The maximum absolute atomic E-state index is 13.7. The number of hydrogen-bond donors (Lipinski definition) is 3. The molecule has 36 heavy (non-hydrogen) atoms. The molecule has 0 bridgehead atoms. The summed E-state index contributed by atoms with van der Waals surface area (Å²) >= 11 is 6.33. The lowest BCUT2D eigenvalue weighted by Gasteiger charge is -2.32. The first-order valence-corrected chi connectivity index (χ1v) is 12.4. The minimum Gasteiger partial charge on any atom is -0.508 e. The predicted octanol–water partition coefficient (Wildman–Crippen LogP) is 5.58. The Morgan fingerprint density at radius 1 is 1.11 bits per heavy atom. The van der Waals surface area contributed by atoms with Gasteiger partial charge in [0, 0.05) is 6.54 Å². The minimum atomic E-state index is -1.07. The van der Waals surface area contributed by atoms with E-state index in [1.165, 1.54) is 17.0 Å². The van der Waals surface area contributed by atoms with Crippen LogP contribution in [0, 0.1) is 6.92 Å². The number of nitrogens with zero attached hydrogens (tertiary/aromatic N) is 1. The molecule has 2 aromatic rings. The summed E-state index contributed by atoms with van der Waals surface area (Å²) in [6.45, 7) is 8.96. The van der Waals surface area contributed by atoms with Crippen LogP contribution in [0.25, 0.3) is 0 Å². The molecule has 0 saturated heterocycles. The monoisotopic (exact) mass is 517 g/mol. The van der Waals surface area contributed by atoms with Gasteiger partial charge in [0.1, 0.15) is 23.9 Å². The van der Waals surface area contributed by atoms with Gasteiger partial charge in [-0.25, -0.2) is 4.79 Å². The van der Waals surface area contributed by atoms with Crippen molar-refractivity contribution < 1.29 is 24.2 Å². The molecule has 0 aromatic heterocycles. The number of carbonyl (C=O) groups is 3. The van der Waals surface area contributed by atoms with E-state index >= 15 is 0 Å². The van der Waals surface area contributed by atoms with E-state index in [1.807, 2.05) is 19.9 Å². The van der Waals surface area contributed by atoms with Gasteiger partial charge in [0.05, 0.1) is 10.7 Å². The van der Waals surface area contributed by atoms with E-state index in [4.69, 9.17) is 16.3 Å². The molecule has 1 atom stereocenters. The third kappa shape index (κ3) is 8.75. The number of unbranched alkanes of at least 4 members (excludes halogenated alkanes) is 2. The normalized spacial score (nSPS) is 11.9. The highest BCUT2D eigenvalue weighted by Gasteiger charge is 2.32. The van der Waals surface area contributed by atoms with E-state index in [1.54, 1.807) is 45.0 Å². The molecule has 2 aromatic carbocycles. The molecule has 196 valence electrons. The van der Waals surface area contributed by atoms with Gasteiger partial charge in [-0.2, -0.15) is 0 Å². The van der Waals surface area contributed by atoms with Crippen LogP contribution >= 0.6 is 11.6 Å². The number of alkyl carbamates (subject to hydrolysis) is 1. The minimum absolute atomic E-state index is 0.0351. The number of halogens is 1. The molecule has 0 spiro atoms. The Hall–Kier alpha value is -3.26. The maximum atomic E-state index is 13.7. The van der Waals surface area contributed by atoms with Gasteiger partial charge in [0.15, 0.2) is 0 Å². The number of ether oxygens (including phenoxy) is 1. The number of amides is 3. The average Bonchev–Trinajstić information content (AvgIpc) is 2.78. The van der Waals surface area contributed by atoms with Gasteiger partial charge in [-0.1, -0.05) is 55.6 Å². The molecule has 2 rings (SSSR count). The maximum Gasteiger partial charge on any atom is 0.408 e. The summed E-state index contributed by atoms with van der Waals surface area (Å²) in [5, 5.41) is 15.8. The Balaban J connectivity index is 2.40. The second-order valence-electron chi connectivity index (χ2n) is 9.57. The molecule has 0 aliphatic rings. The third-order valence-corrected chi connectivity index (χ3v) is 5.64. The number of aromatic hydroxyl groups is 1. The van der Waals surface area contributed by atoms with Crippen LogP contribution in [0.4, 0.5) is 10.5 Å². The summed E-state index contributed by atoms with van der Waals surface area (Å²) in [4.78, 5) is 40.6. The number of nitrogens with one attached hydrogen (secondary N) is 2. The van der Waals surface area contributed by atoms with Crippen LogP contribution in [-0.2, 0) is 14.3 Å². The third-order valence-electron chi connectivity index (χ3n) is 5.32. The van der Waals surface area contributed by atoms with Gasteiger partial charge >= 0.3 is 6.09 Å². The number of rotatable bonds is 10. The molecule has 0 fully saturated rings. The van der Waals surface area contributed by atoms with Crippen LogP contribution in [0.2, 0.25) is 5.02 Å². The molecule has 0 radical (unpaired) electrons.